The van der Waals surface area contributed by atoms with Gasteiger partial charge in [0.2, 0.25) is 0 Å². The zero-order chi connectivity index (χ0) is 19.4. The molecule has 3 rings (SSSR count). The number of aromatic nitrogens is 1. The summed E-state index contributed by atoms with van der Waals surface area (Å²) >= 11 is 0. The molecule has 27 heavy (non-hydrogen) atoms. The molecule has 0 saturated heterocycles. The van der Waals surface area contributed by atoms with E-state index in [-0.39, 0.29) is 17.9 Å². The monoisotopic (exact) mass is 374 g/mol. The molecule has 1 heterocycles. The number of nitrogens with one attached hydrogen (secondary N) is 1. The number of pyridine rings is 1. The van der Waals surface area contributed by atoms with Crippen molar-refractivity contribution in [2.75, 3.05) is 5.32 Å². The molecule has 2 aromatic carbocycles. The van der Waals surface area contributed by atoms with Gasteiger partial charge >= 0.3 is 0 Å². The van der Waals surface area contributed by atoms with E-state index in [1.807, 2.05) is 0 Å². The quantitative estimate of drug-likeness (QED) is 0.746. The standard InChI is InChI=1S/C19H13F3N2O3/c20-13-4-1-3-12(9-13)11-27-24-8-2-5-15(19(24)26)18(25)23-17-7-6-14(21)10-16(17)22/h1-10H,11H2,(H,23,25). The first kappa shape index (κ1) is 18.2. The van der Waals surface area contributed by atoms with Gasteiger partial charge in [0.05, 0.1) is 5.69 Å². The molecule has 0 aliphatic carbocycles. The summed E-state index contributed by atoms with van der Waals surface area (Å²) in [6.07, 6.45) is 1.29. The Morgan fingerprint density at radius 3 is 2.52 bits per heavy atom. The van der Waals surface area contributed by atoms with Crippen molar-refractivity contribution >= 4 is 11.6 Å². The van der Waals surface area contributed by atoms with Gasteiger partial charge in [0.1, 0.15) is 29.6 Å². The Morgan fingerprint density at radius 1 is 1.00 bits per heavy atom. The summed E-state index contributed by atoms with van der Waals surface area (Å²) in [6, 6.07) is 10.9. The third-order valence-electron chi connectivity index (χ3n) is 3.60. The van der Waals surface area contributed by atoms with Crippen molar-refractivity contribution in [1.29, 1.82) is 0 Å². The van der Waals surface area contributed by atoms with Crippen LogP contribution in [-0.4, -0.2) is 10.6 Å². The lowest BCUT2D eigenvalue weighted by atomic mass is 10.2. The average Bonchev–Trinajstić information content (AvgIpc) is 2.63. The normalized spacial score (nSPS) is 10.5. The van der Waals surface area contributed by atoms with Crippen molar-refractivity contribution in [3.63, 3.8) is 0 Å². The molecule has 0 bridgehead atoms. The van der Waals surface area contributed by atoms with E-state index in [4.69, 9.17) is 4.84 Å². The van der Waals surface area contributed by atoms with E-state index < -0.39 is 28.9 Å². The fraction of sp³-hybridized carbons (Fsp3) is 0.0526. The molecule has 5 nitrogen and oxygen atoms in total. The lowest BCUT2D eigenvalue weighted by Crippen LogP contribution is -2.32. The summed E-state index contributed by atoms with van der Waals surface area (Å²) in [4.78, 5) is 29.9. The molecule has 0 spiro atoms. The first-order valence-electron chi connectivity index (χ1n) is 7.80. The van der Waals surface area contributed by atoms with E-state index in [1.165, 1.54) is 36.5 Å². The van der Waals surface area contributed by atoms with Gasteiger partial charge in [-0.2, -0.15) is 4.73 Å². The van der Waals surface area contributed by atoms with Crippen LogP contribution in [0.5, 0.6) is 0 Å². The van der Waals surface area contributed by atoms with Gasteiger partial charge in [0.25, 0.3) is 11.5 Å². The Kier molecular flexibility index (Phi) is 5.25. The van der Waals surface area contributed by atoms with Crippen LogP contribution in [0.1, 0.15) is 15.9 Å². The minimum atomic E-state index is -0.970. The summed E-state index contributed by atoms with van der Waals surface area (Å²) in [5.74, 6) is -3.09. The molecule has 0 atom stereocenters. The highest BCUT2D eigenvalue weighted by atomic mass is 19.1. The van der Waals surface area contributed by atoms with Gasteiger partial charge in [-0.15, -0.1) is 0 Å². The van der Waals surface area contributed by atoms with Gasteiger partial charge in [-0.05, 0) is 42.0 Å². The summed E-state index contributed by atoms with van der Waals surface area (Å²) in [5, 5.41) is 2.20. The van der Waals surface area contributed by atoms with Crippen LogP contribution < -0.4 is 15.7 Å². The first-order chi connectivity index (χ1) is 12.9. The van der Waals surface area contributed by atoms with E-state index in [0.717, 1.165) is 16.9 Å². The maximum Gasteiger partial charge on any atom is 0.295 e. The highest BCUT2D eigenvalue weighted by Crippen LogP contribution is 2.15. The highest BCUT2D eigenvalue weighted by Gasteiger charge is 2.15. The van der Waals surface area contributed by atoms with Crippen molar-refractivity contribution in [3.05, 3.63) is 99.7 Å². The maximum atomic E-state index is 13.7. The lowest BCUT2D eigenvalue weighted by molar-refractivity contribution is 0.0862. The second kappa shape index (κ2) is 7.77. The fourth-order valence-corrected chi connectivity index (χ4v) is 2.30. The molecular weight excluding hydrogens is 361 g/mol. The summed E-state index contributed by atoms with van der Waals surface area (Å²) in [6.45, 7) is -0.102. The molecule has 138 valence electrons. The number of rotatable bonds is 5. The number of carbonyl (C=O) groups excluding carboxylic acids is 1. The molecule has 0 radical (unpaired) electrons. The van der Waals surface area contributed by atoms with Crippen molar-refractivity contribution in [2.24, 2.45) is 0 Å². The second-order valence-electron chi connectivity index (χ2n) is 5.53. The summed E-state index contributed by atoms with van der Waals surface area (Å²) in [7, 11) is 0. The Bertz CT molecular complexity index is 1050. The molecule has 0 saturated carbocycles. The summed E-state index contributed by atoms with van der Waals surface area (Å²) in [5.41, 5.74) is -0.864. The number of amides is 1. The molecule has 3 aromatic rings. The van der Waals surface area contributed by atoms with Gasteiger partial charge in [-0.25, -0.2) is 13.2 Å². The molecule has 0 aliphatic rings. The van der Waals surface area contributed by atoms with E-state index >= 15 is 0 Å². The minimum Gasteiger partial charge on any atom is -0.406 e. The number of carbonyl (C=O) groups is 1. The minimum absolute atomic E-state index is 0.102. The molecule has 1 N–H and O–H groups in total. The van der Waals surface area contributed by atoms with Crippen molar-refractivity contribution in [2.45, 2.75) is 6.61 Å². The number of nitrogens with zero attached hydrogens (tertiary/aromatic N) is 1. The van der Waals surface area contributed by atoms with Crippen molar-refractivity contribution in [1.82, 2.24) is 4.73 Å². The number of halogens is 3. The van der Waals surface area contributed by atoms with E-state index in [1.54, 1.807) is 6.07 Å². The predicted octanol–water partition coefficient (Wildman–Crippen LogP) is 3.15. The molecule has 0 unspecified atom stereocenters. The smallest absolute Gasteiger partial charge is 0.295 e. The number of benzene rings is 2. The molecule has 0 aliphatic heterocycles. The number of hydrogen-bond acceptors (Lipinski definition) is 3. The van der Waals surface area contributed by atoms with Crippen LogP contribution in [0.25, 0.3) is 0 Å². The lowest BCUT2D eigenvalue weighted by Gasteiger charge is -2.10. The number of anilines is 1. The Balaban J connectivity index is 1.77. The highest BCUT2D eigenvalue weighted by molar-refractivity contribution is 6.04. The third-order valence-corrected chi connectivity index (χ3v) is 3.60. The van der Waals surface area contributed by atoms with Crippen LogP contribution in [0, 0.1) is 17.5 Å². The largest absolute Gasteiger partial charge is 0.406 e. The fourth-order valence-electron chi connectivity index (χ4n) is 2.30. The van der Waals surface area contributed by atoms with Crippen molar-refractivity contribution in [3.8, 4) is 0 Å². The first-order valence-corrected chi connectivity index (χ1v) is 7.80. The zero-order valence-electron chi connectivity index (χ0n) is 13.8. The zero-order valence-corrected chi connectivity index (χ0v) is 13.8. The van der Waals surface area contributed by atoms with Crippen LogP contribution in [0.3, 0.4) is 0 Å². The Morgan fingerprint density at radius 2 is 1.78 bits per heavy atom. The SMILES string of the molecule is O=C(Nc1ccc(F)cc1F)c1cccn(OCc2cccc(F)c2)c1=O. The van der Waals surface area contributed by atoms with Crippen LogP contribution in [0.15, 0.2) is 65.6 Å². The van der Waals surface area contributed by atoms with Gasteiger partial charge in [-0.1, -0.05) is 12.1 Å². The van der Waals surface area contributed by atoms with E-state index in [0.29, 0.717) is 11.6 Å². The molecule has 1 aromatic heterocycles. The molecular formula is C19H13F3N2O3. The van der Waals surface area contributed by atoms with Crippen LogP contribution in [-0.2, 0) is 6.61 Å². The van der Waals surface area contributed by atoms with Crippen molar-refractivity contribution < 1.29 is 22.8 Å². The predicted molar refractivity (Wildman–Crippen MR) is 91.7 cm³/mol. The van der Waals surface area contributed by atoms with E-state index in [2.05, 4.69) is 5.32 Å². The Labute approximate surface area is 151 Å². The second-order valence-corrected chi connectivity index (χ2v) is 5.53. The molecule has 8 heteroatoms. The summed E-state index contributed by atoms with van der Waals surface area (Å²) < 4.78 is 40.6. The van der Waals surface area contributed by atoms with Crippen LogP contribution in [0.4, 0.5) is 18.9 Å². The van der Waals surface area contributed by atoms with Crippen LogP contribution in [0.2, 0.25) is 0 Å². The molecule has 1 amide bonds. The Hall–Kier alpha value is -3.55. The van der Waals surface area contributed by atoms with Gasteiger partial charge in [0.15, 0.2) is 0 Å². The van der Waals surface area contributed by atoms with E-state index in [9.17, 15) is 22.8 Å². The van der Waals surface area contributed by atoms with Crippen LogP contribution >= 0.6 is 0 Å². The van der Waals surface area contributed by atoms with Gasteiger partial charge < -0.3 is 10.2 Å². The average molecular weight is 374 g/mol. The topological polar surface area (TPSA) is 60.3 Å². The van der Waals surface area contributed by atoms with Gasteiger partial charge in [-0.3, -0.25) is 9.59 Å². The molecule has 0 fully saturated rings. The third kappa shape index (κ3) is 4.35. The maximum absolute atomic E-state index is 13.7. The van der Waals surface area contributed by atoms with Gasteiger partial charge in [0, 0.05) is 12.3 Å². The number of hydrogen-bond donors (Lipinski definition) is 1.